The van der Waals surface area contributed by atoms with Crippen LogP contribution in [0.25, 0.3) is 0 Å². The Bertz CT molecular complexity index is 367. The predicted molar refractivity (Wildman–Crippen MR) is 65.7 cm³/mol. The lowest BCUT2D eigenvalue weighted by atomic mass is 10.0. The highest BCUT2D eigenvalue weighted by Gasteiger charge is 2.08. The first-order valence-electron chi connectivity index (χ1n) is 5.68. The van der Waals surface area contributed by atoms with Gasteiger partial charge in [-0.25, -0.2) is 0 Å². The van der Waals surface area contributed by atoms with Crippen molar-refractivity contribution in [1.82, 2.24) is 0 Å². The summed E-state index contributed by atoms with van der Waals surface area (Å²) in [6.07, 6.45) is 7.54. The van der Waals surface area contributed by atoms with Crippen LogP contribution in [-0.4, -0.2) is 10.9 Å². The molecule has 0 spiro atoms. The molecule has 0 aliphatic heterocycles. The Labute approximate surface area is 96.6 Å². The highest BCUT2D eigenvalue weighted by molar-refractivity contribution is 5.98. The molecule has 0 aliphatic carbocycles. The summed E-state index contributed by atoms with van der Waals surface area (Å²) in [6.45, 7) is 1.99. The van der Waals surface area contributed by atoms with E-state index in [1.54, 1.807) is 24.3 Å². The van der Waals surface area contributed by atoms with Crippen molar-refractivity contribution in [3.05, 3.63) is 42.0 Å². The highest BCUT2D eigenvalue weighted by atomic mass is 16.3. The number of para-hydroxylation sites is 1. The number of unbranched alkanes of at least 4 members (excludes halogenated alkanes) is 2. The van der Waals surface area contributed by atoms with Crippen molar-refractivity contribution in [2.45, 2.75) is 32.6 Å². The van der Waals surface area contributed by atoms with Crippen LogP contribution in [-0.2, 0) is 0 Å². The molecule has 0 radical (unpaired) electrons. The number of rotatable bonds is 6. The number of allylic oxidation sites excluding steroid dienone is 2. The van der Waals surface area contributed by atoms with Crippen LogP contribution in [0.1, 0.15) is 43.0 Å². The Balaban J connectivity index is 2.38. The summed E-state index contributed by atoms with van der Waals surface area (Å²) in [5, 5.41) is 9.49. The molecule has 0 aromatic heterocycles. The molecule has 86 valence electrons. The van der Waals surface area contributed by atoms with E-state index in [1.807, 2.05) is 13.0 Å². The second-order valence-electron chi connectivity index (χ2n) is 3.76. The van der Waals surface area contributed by atoms with Gasteiger partial charge in [0.25, 0.3) is 0 Å². The van der Waals surface area contributed by atoms with Crippen molar-refractivity contribution < 1.29 is 9.90 Å². The Morgan fingerprint density at radius 1 is 1.31 bits per heavy atom. The molecule has 0 amide bonds. The highest BCUT2D eigenvalue weighted by Crippen LogP contribution is 2.18. The molecule has 1 N–H and O–H groups in total. The molecular weight excluding hydrogens is 200 g/mol. The van der Waals surface area contributed by atoms with Gasteiger partial charge in [0.1, 0.15) is 5.75 Å². The van der Waals surface area contributed by atoms with E-state index >= 15 is 0 Å². The summed E-state index contributed by atoms with van der Waals surface area (Å²) < 4.78 is 0. The third kappa shape index (κ3) is 3.89. The molecule has 1 rings (SSSR count). The molecule has 0 fully saturated rings. The fourth-order valence-electron chi connectivity index (χ4n) is 1.56. The number of hydrogen-bond donors (Lipinski definition) is 1. The van der Waals surface area contributed by atoms with Crippen LogP contribution >= 0.6 is 0 Å². The Kier molecular flexibility index (Phi) is 5.34. The average molecular weight is 218 g/mol. The first kappa shape index (κ1) is 12.5. The van der Waals surface area contributed by atoms with E-state index in [4.69, 9.17) is 0 Å². The van der Waals surface area contributed by atoms with E-state index in [1.165, 1.54) is 0 Å². The lowest BCUT2D eigenvalue weighted by molar-refractivity contribution is 0.0977. The Morgan fingerprint density at radius 2 is 2.06 bits per heavy atom. The molecule has 1 aromatic carbocycles. The first-order valence-corrected chi connectivity index (χ1v) is 5.68. The predicted octanol–water partition coefficient (Wildman–Crippen LogP) is 3.71. The number of hydrogen-bond acceptors (Lipinski definition) is 2. The number of phenols is 1. The van der Waals surface area contributed by atoms with Crippen molar-refractivity contribution in [3.8, 4) is 5.75 Å². The van der Waals surface area contributed by atoms with Crippen LogP contribution in [0.5, 0.6) is 5.75 Å². The van der Waals surface area contributed by atoms with Crippen LogP contribution in [0.15, 0.2) is 36.4 Å². The fourth-order valence-corrected chi connectivity index (χ4v) is 1.56. The van der Waals surface area contributed by atoms with E-state index in [2.05, 4.69) is 6.08 Å². The quantitative estimate of drug-likeness (QED) is 0.449. The third-order valence-electron chi connectivity index (χ3n) is 2.46. The molecule has 0 unspecified atom stereocenters. The molecular formula is C14H18O2. The van der Waals surface area contributed by atoms with Gasteiger partial charge in [-0.3, -0.25) is 4.79 Å². The van der Waals surface area contributed by atoms with Crippen molar-refractivity contribution >= 4 is 5.78 Å². The van der Waals surface area contributed by atoms with Crippen LogP contribution in [0.3, 0.4) is 0 Å². The molecule has 0 saturated heterocycles. The van der Waals surface area contributed by atoms with E-state index in [9.17, 15) is 9.90 Å². The van der Waals surface area contributed by atoms with Crippen molar-refractivity contribution in [1.29, 1.82) is 0 Å². The number of ketones is 1. The van der Waals surface area contributed by atoms with Crippen LogP contribution in [0.4, 0.5) is 0 Å². The maximum Gasteiger partial charge on any atom is 0.166 e. The van der Waals surface area contributed by atoms with Crippen LogP contribution < -0.4 is 0 Å². The number of carbonyl (C=O) groups is 1. The summed E-state index contributed by atoms with van der Waals surface area (Å²) in [5.41, 5.74) is 0.438. The van der Waals surface area contributed by atoms with Gasteiger partial charge in [-0.2, -0.15) is 0 Å². The fraction of sp³-hybridized carbons (Fsp3) is 0.357. The van der Waals surface area contributed by atoms with Gasteiger partial charge in [0.2, 0.25) is 0 Å². The average Bonchev–Trinajstić information content (AvgIpc) is 2.29. The molecule has 0 aliphatic rings. The van der Waals surface area contributed by atoms with Crippen LogP contribution in [0.2, 0.25) is 0 Å². The van der Waals surface area contributed by atoms with E-state index in [0.717, 1.165) is 19.3 Å². The number of benzene rings is 1. The number of phenolic OH excluding ortho intramolecular Hbond substituents is 1. The van der Waals surface area contributed by atoms with Gasteiger partial charge in [0.05, 0.1) is 5.56 Å². The minimum atomic E-state index is 0.0265. The first-order chi connectivity index (χ1) is 7.75. The third-order valence-corrected chi connectivity index (χ3v) is 2.46. The summed E-state index contributed by atoms with van der Waals surface area (Å²) in [4.78, 5) is 11.7. The van der Waals surface area contributed by atoms with Crippen molar-refractivity contribution in [2.75, 3.05) is 0 Å². The molecule has 0 heterocycles. The van der Waals surface area contributed by atoms with E-state index < -0.39 is 0 Å². The molecule has 0 saturated carbocycles. The molecule has 0 bridgehead atoms. The topological polar surface area (TPSA) is 37.3 Å². The van der Waals surface area contributed by atoms with Gasteiger partial charge in [0, 0.05) is 6.42 Å². The van der Waals surface area contributed by atoms with Gasteiger partial charge in [-0.05, 0) is 38.3 Å². The lowest BCUT2D eigenvalue weighted by Crippen LogP contribution is -1.98. The number of carbonyl (C=O) groups excluding carboxylic acids is 1. The van der Waals surface area contributed by atoms with Crippen molar-refractivity contribution in [3.63, 3.8) is 0 Å². The largest absolute Gasteiger partial charge is 0.507 e. The lowest BCUT2D eigenvalue weighted by Gasteiger charge is -2.02. The molecule has 0 atom stereocenters. The summed E-state index contributed by atoms with van der Waals surface area (Å²) >= 11 is 0. The van der Waals surface area contributed by atoms with Gasteiger partial charge in [-0.1, -0.05) is 24.3 Å². The summed E-state index contributed by atoms with van der Waals surface area (Å²) in [5.74, 6) is 0.111. The Morgan fingerprint density at radius 3 is 2.75 bits per heavy atom. The second kappa shape index (κ2) is 6.83. The zero-order chi connectivity index (χ0) is 11.8. The van der Waals surface area contributed by atoms with Gasteiger partial charge in [0.15, 0.2) is 5.78 Å². The Hall–Kier alpha value is -1.57. The monoisotopic (exact) mass is 218 g/mol. The molecule has 2 heteroatoms. The standard InChI is InChI=1S/C14H18O2/c1-2-3-4-5-6-10-13(15)12-9-7-8-11-14(12)16/h2-3,7-9,11,16H,4-6,10H2,1H3/b3-2+. The number of Topliss-reactive ketones (excluding diaryl/α,β-unsaturated/α-hetero) is 1. The van der Waals surface area contributed by atoms with Crippen LogP contribution in [0, 0.1) is 0 Å². The van der Waals surface area contributed by atoms with Gasteiger partial charge < -0.3 is 5.11 Å². The van der Waals surface area contributed by atoms with Gasteiger partial charge in [-0.15, -0.1) is 0 Å². The minimum Gasteiger partial charge on any atom is -0.507 e. The maximum absolute atomic E-state index is 11.7. The van der Waals surface area contributed by atoms with E-state index in [0.29, 0.717) is 12.0 Å². The zero-order valence-electron chi connectivity index (χ0n) is 9.65. The van der Waals surface area contributed by atoms with E-state index in [-0.39, 0.29) is 11.5 Å². The molecule has 1 aromatic rings. The second-order valence-corrected chi connectivity index (χ2v) is 3.76. The summed E-state index contributed by atoms with van der Waals surface area (Å²) in [6, 6.07) is 6.71. The molecule has 16 heavy (non-hydrogen) atoms. The molecule has 2 nitrogen and oxygen atoms in total. The smallest absolute Gasteiger partial charge is 0.166 e. The van der Waals surface area contributed by atoms with Gasteiger partial charge >= 0.3 is 0 Å². The minimum absolute atomic E-state index is 0.0265. The normalized spacial score (nSPS) is 10.8. The maximum atomic E-state index is 11.7. The summed E-state index contributed by atoms with van der Waals surface area (Å²) in [7, 11) is 0. The van der Waals surface area contributed by atoms with Crippen molar-refractivity contribution in [2.24, 2.45) is 0 Å². The SMILES string of the molecule is C/C=C/CCCCC(=O)c1ccccc1O. The zero-order valence-corrected chi connectivity index (χ0v) is 9.65. The number of aromatic hydroxyl groups is 1.